The number of ether oxygens (including phenoxy) is 1. The third-order valence-corrected chi connectivity index (χ3v) is 4.90. The second kappa shape index (κ2) is 8.55. The van der Waals surface area contributed by atoms with Crippen LogP contribution in [0.3, 0.4) is 0 Å². The number of carbonyl (C=O) groups excluding carboxylic acids is 1. The van der Waals surface area contributed by atoms with Crippen LogP contribution in [-0.2, 0) is 19.6 Å². The van der Waals surface area contributed by atoms with Crippen molar-refractivity contribution in [3.8, 4) is 0 Å². The molecule has 128 valence electrons. The average molecular weight is 363 g/mol. The summed E-state index contributed by atoms with van der Waals surface area (Å²) in [6.07, 6.45) is 1.14. The number of sulfonamides is 1. The first-order valence-electron chi connectivity index (χ1n) is 7.15. The molecule has 1 saturated heterocycles. The normalized spacial score (nSPS) is 16.2. The molecule has 8 nitrogen and oxygen atoms in total. The number of hydrogen-bond donors (Lipinski definition) is 2. The van der Waals surface area contributed by atoms with Crippen molar-refractivity contribution in [3.63, 3.8) is 0 Å². The zero-order valence-electron chi connectivity index (χ0n) is 12.5. The van der Waals surface area contributed by atoms with Crippen LogP contribution in [0, 0.1) is 0 Å². The van der Waals surface area contributed by atoms with Crippen molar-refractivity contribution in [2.75, 3.05) is 45.9 Å². The number of halogens is 1. The van der Waals surface area contributed by atoms with Crippen molar-refractivity contribution in [3.05, 3.63) is 23.5 Å². The van der Waals surface area contributed by atoms with Gasteiger partial charge in [0.15, 0.2) is 0 Å². The van der Waals surface area contributed by atoms with E-state index in [0.29, 0.717) is 26.3 Å². The second-order valence-electron chi connectivity index (χ2n) is 4.95. The number of nitrogens with zero attached hydrogens (tertiary/aromatic N) is 2. The van der Waals surface area contributed by atoms with E-state index in [4.69, 9.17) is 16.3 Å². The molecule has 0 atom stereocenters. The number of pyridine rings is 1. The molecule has 0 radical (unpaired) electrons. The summed E-state index contributed by atoms with van der Waals surface area (Å²) in [6, 6.07) is 2.70. The topological polar surface area (TPSA) is 101 Å². The first-order valence-corrected chi connectivity index (χ1v) is 9.01. The second-order valence-corrected chi connectivity index (χ2v) is 7.10. The monoisotopic (exact) mass is 362 g/mol. The van der Waals surface area contributed by atoms with Gasteiger partial charge in [-0.1, -0.05) is 11.6 Å². The van der Waals surface area contributed by atoms with E-state index in [9.17, 15) is 13.2 Å². The number of hydrogen-bond acceptors (Lipinski definition) is 6. The number of nitrogens with one attached hydrogen (secondary N) is 2. The Labute approximate surface area is 140 Å². The van der Waals surface area contributed by atoms with Crippen molar-refractivity contribution in [1.29, 1.82) is 0 Å². The van der Waals surface area contributed by atoms with E-state index in [0.717, 1.165) is 19.3 Å². The minimum absolute atomic E-state index is 0.0389. The lowest BCUT2D eigenvalue weighted by molar-refractivity contribution is -0.120. The van der Waals surface area contributed by atoms with Crippen LogP contribution in [0.15, 0.2) is 23.2 Å². The molecule has 2 N–H and O–H groups in total. The summed E-state index contributed by atoms with van der Waals surface area (Å²) in [7, 11) is -3.78. The molecule has 0 bridgehead atoms. The summed E-state index contributed by atoms with van der Waals surface area (Å²) in [6.45, 7) is 3.92. The summed E-state index contributed by atoms with van der Waals surface area (Å²) in [5.74, 6) is -0.385. The minimum Gasteiger partial charge on any atom is -0.379 e. The van der Waals surface area contributed by atoms with Gasteiger partial charge in [0.25, 0.3) is 0 Å². The predicted molar refractivity (Wildman–Crippen MR) is 84.7 cm³/mol. The van der Waals surface area contributed by atoms with Crippen molar-refractivity contribution in [2.24, 2.45) is 0 Å². The average Bonchev–Trinajstić information content (AvgIpc) is 2.54. The molecule has 23 heavy (non-hydrogen) atoms. The Bertz CT molecular complexity index is 617. The molecule has 1 amide bonds. The highest BCUT2D eigenvalue weighted by Gasteiger charge is 2.16. The van der Waals surface area contributed by atoms with Gasteiger partial charge in [0, 0.05) is 32.4 Å². The van der Waals surface area contributed by atoms with E-state index >= 15 is 0 Å². The Morgan fingerprint density at radius 1 is 1.35 bits per heavy atom. The van der Waals surface area contributed by atoms with Gasteiger partial charge >= 0.3 is 0 Å². The summed E-state index contributed by atoms with van der Waals surface area (Å²) in [5.41, 5.74) is 0. The fourth-order valence-corrected chi connectivity index (χ4v) is 3.04. The molecule has 2 heterocycles. The van der Waals surface area contributed by atoms with E-state index in [1.165, 1.54) is 12.1 Å². The van der Waals surface area contributed by atoms with Gasteiger partial charge in [0.2, 0.25) is 15.9 Å². The molecule has 0 spiro atoms. The van der Waals surface area contributed by atoms with Gasteiger partial charge in [0.1, 0.15) is 10.0 Å². The maximum absolute atomic E-state index is 12.0. The SMILES string of the molecule is O=C(CNS(=O)(=O)c1ccc(Cl)nc1)NCCN1CCOCC1. The Morgan fingerprint density at radius 2 is 2.09 bits per heavy atom. The van der Waals surface area contributed by atoms with Crippen LogP contribution < -0.4 is 10.0 Å². The van der Waals surface area contributed by atoms with Crippen LogP contribution in [-0.4, -0.2) is 70.1 Å². The molecular formula is C13H19ClN4O4S. The van der Waals surface area contributed by atoms with Gasteiger partial charge in [-0.15, -0.1) is 0 Å². The molecule has 0 saturated carbocycles. The maximum atomic E-state index is 12.0. The first-order chi connectivity index (χ1) is 11.0. The lowest BCUT2D eigenvalue weighted by Crippen LogP contribution is -2.43. The van der Waals surface area contributed by atoms with Gasteiger partial charge in [-0.05, 0) is 12.1 Å². The first kappa shape index (κ1) is 18.1. The zero-order valence-corrected chi connectivity index (χ0v) is 14.1. The van der Waals surface area contributed by atoms with Gasteiger partial charge in [0.05, 0.1) is 19.8 Å². The van der Waals surface area contributed by atoms with Gasteiger partial charge in [-0.25, -0.2) is 18.1 Å². The van der Waals surface area contributed by atoms with E-state index in [-0.39, 0.29) is 22.5 Å². The van der Waals surface area contributed by atoms with Crippen LogP contribution >= 0.6 is 11.6 Å². The molecular weight excluding hydrogens is 344 g/mol. The van der Waals surface area contributed by atoms with Crippen molar-refractivity contribution in [2.45, 2.75) is 4.90 Å². The Hall–Kier alpha value is -1.26. The summed E-state index contributed by atoms with van der Waals surface area (Å²) in [4.78, 5) is 17.5. The van der Waals surface area contributed by atoms with Gasteiger partial charge in [-0.2, -0.15) is 0 Å². The zero-order chi connectivity index (χ0) is 16.7. The largest absolute Gasteiger partial charge is 0.379 e. The minimum atomic E-state index is -3.78. The molecule has 2 rings (SSSR count). The lowest BCUT2D eigenvalue weighted by atomic mass is 10.4. The molecule has 1 aliphatic rings. The summed E-state index contributed by atoms with van der Waals surface area (Å²) < 4.78 is 31.4. The Balaban J connectivity index is 1.71. The fraction of sp³-hybridized carbons (Fsp3) is 0.538. The quantitative estimate of drug-likeness (QED) is 0.632. The smallest absolute Gasteiger partial charge is 0.242 e. The van der Waals surface area contributed by atoms with E-state index in [2.05, 4.69) is 19.9 Å². The Morgan fingerprint density at radius 3 is 2.74 bits per heavy atom. The number of amides is 1. The van der Waals surface area contributed by atoms with Gasteiger partial charge < -0.3 is 10.1 Å². The van der Waals surface area contributed by atoms with Crippen molar-refractivity contribution >= 4 is 27.5 Å². The number of rotatable bonds is 7. The lowest BCUT2D eigenvalue weighted by Gasteiger charge is -2.26. The van der Waals surface area contributed by atoms with Crippen LogP contribution in [0.25, 0.3) is 0 Å². The summed E-state index contributed by atoms with van der Waals surface area (Å²) >= 11 is 5.61. The highest BCUT2D eigenvalue weighted by molar-refractivity contribution is 7.89. The maximum Gasteiger partial charge on any atom is 0.242 e. The third kappa shape index (κ3) is 6.04. The highest BCUT2D eigenvalue weighted by Crippen LogP contribution is 2.10. The predicted octanol–water partition coefficient (Wildman–Crippen LogP) is -0.538. The molecule has 1 fully saturated rings. The fourth-order valence-electron chi connectivity index (χ4n) is 2.01. The third-order valence-electron chi connectivity index (χ3n) is 3.29. The number of aromatic nitrogens is 1. The Kier molecular flexibility index (Phi) is 6.72. The van der Waals surface area contributed by atoms with Crippen LogP contribution in [0.2, 0.25) is 5.15 Å². The molecule has 1 aliphatic heterocycles. The highest BCUT2D eigenvalue weighted by atomic mass is 35.5. The molecule has 10 heteroatoms. The van der Waals surface area contributed by atoms with Gasteiger partial charge in [-0.3, -0.25) is 9.69 Å². The number of morpholine rings is 1. The van der Waals surface area contributed by atoms with Crippen LogP contribution in [0.4, 0.5) is 0 Å². The van der Waals surface area contributed by atoms with Crippen LogP contribution in [0.1, 0.15) is 0 Å². The standard InChI is InChI=1S/C13H19ClN4O4S/c14-12-2-1-11(9-16-12)23(20,21)17-10-13(19)15-3-4-18-5-7-22-8-6-18/h1-2,9,17H,3-8,10H2,(H,15,19). The van der Waals surface area contributed by atoms with Crippen LogP contribution in [0.5, 0.6) is 0 Å². The molecule has 0 aromatic carbocycles. The van der Waals surface area contributed by atoms with E-state index in [1.807, 2.05) is 0 Å². The van der Waals surface area contributed by atoms with Crippen molar-refractivity contribution in [1.82, 2.24) is 19.9 Å². The molecule has 0 aliphatic carbocycles. The summed E-state index contributed by atoms with van der Waals surface area (Å²) in [5, 5.41) is 2.88. The van der Waals surface area contributed by atoms with E-state index in [1.54, 1.807) is 0 Å². The van der Waals surface area contributed by atoms with Crippen molar-refractivity contribution < 1.29 is 17.9 Å². The molecule has 0 unspecified atom stereocenters. The van der Waals surface area contributed by atoms with E-state index < -0.39 is 10.0 Å². The molecule has 1 aromatic rings. The molecule has 1 aromatic heterocycles. The number of carbonyl (C=O) groups is 1.